The summed E-state index contributed by atoms with van der Waals surface area (Å²) in [5.74, 6) is -0.467. The highest BCUT2D eigenvalue weighted by atomic mass is 16.5. The molecule has 3 aliphatic rings. The van der Waals surface area contributed by atoms with E-state index in [1.807, 2.05) is 0 Å². The Morgan fingerprint density at radius 3 is 2.70 bits per heavy atom. The minimum Gasteiger partial charge on any atom is -0.497 e. The van der Waals surface area contributed by atoms with Crippen LogP contribution >= 0.6 is 0 Å². The van der Waals surface area contributed by atoms with E-state index >= 15 is 0 Å². The third-order valence-electron chi connectivity index (χ3n) is 6.51. The van der Waals surface area contributed by atoms with Crippen molar-refractivity contribution in [3.05, 3.63) is 29.8 Å². The molecule has 1 aromatic carbocycles. The number of amides is 4. The number of likely N-dealkylation sites (tertiary alicyclic amines) is 1. The zero-order valence-electron chi connectivity index (χ0n) is 17.2. The van der Waals surface area contributed by atoms with Gasteiger partial charge >= 0.3 is 0 Å². The van der Waals surface area contributed by atoms with Gasteiger partial charge in [-0.3, -0.25) is 24.1 Å². The molecule has 8 heteroatoms. The van der Waals surface area contributed by atoms with Crippen molar-refractivity contribution in [2.45, 2.75) is 50.0 Å². The van der Waals surface area contributed by atoms with Gasteiger partial charge in [-0.25, -0.2) is 0 Å². The number of ether oxygens (including phenoxy) is 1. The number of nitrogens with zero attached hydrogens (tertiary/aromatic N) is 2. The quantitative estimate of drug-likeness (QED) is 0.726. The lowest BCUT2D eigenvalue weighted by atomic mass is 9.75. The van der Waals surface area contributed by atoms with Crippen molar-refractivity contribution in [1.29, 1.82) is 0 Å². The van der Waals surface area contributed by atoms with Gasteiger partial charge < -0.3 is 15.0 Å². The normalized spacial score (nSPS) is 25.0. The van der Waals surface area contributed by atoms with Gasteiger partial charge in [-0.2, -0.15) is 0 Å². The summed E-state index contributed by atoms with van der Waals surface area (Å²) in [7, 11) is 1.54. The largest absolute Gasteiger partial charge is 0.497 e. The fourth-order valence-corrected chi connectivity index (χ4v) is 4.90. The Kier molecular flexibility index (Phi) is 5.49. The van der Waals surface area contributed by atoms with Crippen molar-refractivity contribution in [3.8, 4) is 5.75 Å². The predicted octanol–water partition coefficient (Wildman–Crippen LogP) is 0.983. The zero-order valence-corrected chi connectivity index (χ0v) is 17.2. The van der Waals surface area contributed by atoms with Crippen LogP contribution in [0.5, 0.6) is 5.75 Å². The van der Waals surface area contributed by atoms with Crippen molar-refractivity contribution in [2.75, 3.05) is 26.7 Å². The maximum absolute atomic E-state index is 13.7. The first-order valence-electron chi connectivity index (χ1n) is 10.5. The van der Waals surface area contributed by atoms with Gasteiger partial charge in [0.2, 0.25) is 23.6 Å². The molecule has 1 aromatic rings. The molecule has 0 spiro atoms. The Hall–Kier alpha value is -2.90. The maximum Gasteiger partial charge on any atom is 0.241 e. The first-order valence-corrected chi connectivity index (χ1v) is 10.5. The molecule has 1 aliphatic carbocycles. The van der Waals surface area contributed by atoms with E-state index < -0.39 is 5.41 Å². The molecule has 2 heterocycles. The molecule has 8 nitrogen and oxygen atoms in total. The topological polar surface area (TPSA) is 96.0 Å². The first kappa shape index (κ1) is 20.4. The van der Waals surface area contributed by atoms with E-state index in [-0.39, 0.29) is 49.1 Å². The van der Waals surface area contributed by atoms with E-state index in [1.54, 1.807) is 24.3 Å². The smallest absolute Gasteiger partial charge is 0.241 e. The number of rotatable bonds is 5. The summed E-state index contributed by atoms with van der Waals surface area (Å²) in [6.07, 6.45) is 3.44. The SMILES string of the molecule is COc1cccc([C@@]2(CC(=O)N3CCNC(=O)C3)CC(=O)N(C3CCCC3)C2=O)c1. The van der Waals surface area contributed by atoms with Gasteiger partial charge in [0, 0.05) is 32.0 Å². The monoisotopic (exact) mass is 413 g/mol. The molecule has 4 rings (SSSR count). The molecule has 1 saturated carbocycles. The summed E-state index contributed by atoms with van der Waals surface area (Å²) in [6, 6.07) is 6.96. The number of hydrogen-bond acceptors (Lipinski definition) is 5. The third kappa shape index (κ3) is 3.55. The Morgan fingerprint density at radius 1 is 1.23 bits per heavy atom. The van der Waals surface area contributed by atoms with Gasteiger partial charge in [-0.15, -0.1) is 0 Å². The second-order valence-corrected chi connectivity index (χ2v) is 8.34. The summed E-state index contributed by atoms with van der Waals surface area (Å²) >= 11 is 0. The molecule has 0 aromatic heterocycles. The molecule has 0 unspecified atom stereocenters. The van der Waals surface area contributed by atoms with Crippen molar-refractivity contribution < 1.29 is 23.9 Å². The van der Waals surface area contributed by atoms with Crippen LogP contribution in [-0.4, -0.2) is 66.2 Å². The van der Waals surface area contributed by atoms with Crippen LogP contribution in [0.3, 0.4) is 0 Å². The number of methoxy groups -OCH3 is 1. The molecule has 3 fully saturated rings. The zero-order chi connectivity index (χ0) is 21.3. The van der Waals surface area contributed by atoms with Crippen molar-refractivity contribution in [2.24, 2.45) is 0 Å². The second kappa shape index (κ2) is 8.08. The molecule has 2 aliphatic heterocycles. The number of piperazine rings is 1. The van der Waals surface area contributed by atoms with Crippen LogP contribution in [0.4, 0.5) is 0 Å². The number of imide groups is 1. The van der Waals surface area contributed by atoms with E-state index in [9.17, 15) is 19.2 Å². The molecule has 2 saturated heterocycles. The fourth-order valence-electron chi connectivity index (χ4n) is 4.90. The lowest BCUT2D eigenvalue weighted by Crippen LogP contribution is -2.52. The molecule has 1 N–H and O–H groups in total. The van der Waals surface area contributed by atoms with Crippen molar-refractivity contribution in [1.82, 2.24) is 15.1 Å². The molecular formula is C22H27N3O5. The van der Waals surface area contributed by atoms with Crippen LogP contribution in [0.25, 0.3) is 0 Å². The number of benzene rings is 1. The van der Waals surface area contributed by atoms with Crippen LogP contribution in [0.1, 0.15) is 44.1 Å². The summed E-state index contributed by atoms with van der Waals surface area (Å²) in [5.41, 5.74) is -0.658. The van der Waals surface area contributed by atoms with Crippen LogP contribution in [0.15, 0.2) is 24.3 Å². The van der Waals surface area contributed by atoms with E-state index in [2.05, 4.69) is 5.32 Å². The van der Waals surface area contributed by atoms with Crippen LogP contribution in [-0.2, 0) is 24.6 Å². The van der Waals surface area contributed by atoms with Crippen LogP contribution in [0.2, 0.25) is 0 Å². The van der Waals surface area contributed by atoms with Crippen LogP contribution in [0, 0.1) is 0 Å². The van der Waals surface area contributed by atoms with Gasteiger partial charge in [0.05, 0.1) is 19.1 Å². The van der Waals surface area contributed by atoms with Gasteiger partial charge in [0.1, 0.15) is 5.75 Å². The van der Waals surface area contributed by atoms with Gasteiger partial charge in [0.25, 0.3) is 0 Å². The summed E-state index contributed by atoms with van der Waals surface area (Å²) in [6.45, 7) is 0.756. The molecule has 30 heavy (non-hydrogen) atoms. The van der Waals surface area contributed by atoms with Gasteiger partial charge in [0.15, 0.2) is 0 Å². The average Bonchev–Trinajstić information content (AvgIpc) is 3.35. The van der Waals surface area contributed by atoms with Crippen LogP contribution < -0.4 is 10.1 Å². The molecule has 0 bridgehead atoms. The predicted molar refractivity (Wildman–Crippen MR) is 108 cm³/mol. The molecule has 0 radical (unpaired) electrons. The van der Waals surface area contributed by atoms with Crippen molar-refractivity contribution >= 4 is 23.6 Å². The van der Waals surface area contributed by atoms with Gasteiger partial charge in [-0.05, 0) is 30.5 Å². The highest BCUT2D eigenvalue weighted by Gasteiger charge is 2.56. The first-order chi connectivity index (χ1) is 14.4. The Bertz CT molecular complexity index is 879. The maximum atomic E-state index is 13.7. The number of hydrogen-bond donors (Lipinski definition) is 1. The summed E-state index contributed by atoms with van der Waals surface area (Å²) in [4.78, 5) is 54.5. The molecule has 4 amide bonds. The Labute approximate surface area is 175 Å². The minimum absolute atomic E-state index is 0.0263. The number of carbonyl (C=O) groups is 4. The van der Waals surface area contributed by atoms with Crippen molar-refractivity contribution in [3.63, 3.8) is 0 Å². The average molecular weight is 413 g/mol. The Balaban J connectivity index is 1.70. The number of nitrogens with one attached hydrogen (secondary N) is 1. The van der Waals surface area contributed by atoms with E-state index in [4.69, 9.17) is 4.74 Å². The highest BCUT2D eigenvalue weighted by molar-refractivity contribution is 6.11. The Morgan fingerprint density at radius 2 is 2.00 bits per heavy atom. The van der Waals surface area contributed by atoms with Gasteiger partial charge in [-0.1, -0.05) is 25.0 Å². The summed E-state index contributed by atoms with van der Waals surface area (Å²) in [5, 5.41) is 2.70. The van der Waals surface area contributed by atoms with E-state index in [0.29, 0.717) is 24.4 Å². The lowest BCUT2D eigenvalue weighted by Gasteiger charge is -2.33. The van der Waals surface area contributed by atoms with E-state index in [0.717, 1.165) is 25.7 Å². The summed E-state index contributed by atoms with van der Waals surface area (Å²) < 4.78 is 5.33. The second-order valence-electron chi connectivity index (χ2n) is 8.34. The molecular weight excluding hydrogens is 386 g/mol. The third-order valence-corrected chi connectivity index (χ3v) is 6.51. The van der Waals surface area contributed by atoms with E-state index in [1.165, 1.54) is 16.9 Å². The molecule has 160 valence electrons. The number of carbonyl (C=O) groups excluding carboxylic acids is 4. The minimum atomic E-state index is -1.26. The fraction of sp³-hybridized carbons (Fsp3) is 0.545. The highest BCUT2D eigenvalue weighted by Crippen LogP contribution is 2.43. The molecule has 1 atom stereocenters. The standard InChI is InChI=1S/C22H27N3O5/c1-30-17-8-4-5-15(11-17)22(12-19(27)24-10-9-23-18(26)14-24)13-20(28)25(21(22)29)16-6-2-3-7-16/h4-5,8,11,16H,2-3,6-7,9-10,12-14H2,1H3,(H,23,26)/t22-/m1/s1. The lowest BCUT2D eigenvalue weighted by molar-refractivity contribution is -0.145.